The van der Waals surface area contributed by atoms with E-state index in [1.54, 1.807) is 18.2 Å². The van der Waals surface area contributed by atoms with E-state index in [-0.39, 0.29) is 30.3 Å². The fraction of sp³-hybridized carbons (Fsp3) is 0.368. The highest BCUT2D eigenvalue weighted by Crippen LogP contribution is 2.28. The Hall–Kier alpha value is -1.95. The van der Waals surface area contributed by atoms with Crippen molar-refractivity contribution in [2.45, 2.75) is 11.0 Å². The van der Waals surface area contributed by atoms with Crippen molar-refractivity contribution in [2.75, 3.05) is 39.3 Å². The first-order valence-corrected chi connectivity index (χ1v) is 11.6. The topological polar surface area (TPSA) is 113 Å². The lowest BCUT2D eigenvalue weighted by atomic mass is 10.3. The second kappa shape index (κ2) is 10.1. The molecule has 12 heteroatoms. The lowest BCUT2D eigenvalue weighted by Gasteiger charge is -2.34. The lowest BCUT2D eigenvalue weighted by molar-refractivity contribution is -0.385. The highest BCUT2D eigenvalue weighted by molar-refractivity contribution is 7.89. The quantitative estimate of drug-likeness (QED) is 0.447. The summed E-state index contributed by atoms with van der Waals surface area (Å²) in [7, 11) is -3.84. The summed E-state index contributed by atoms with van der Waals surface area (Å²) in [6, 6.07) is 9.80. The maximum atomic E-state index is 12.8. The number of sulfonamides is 1. The minimum atomic E-state index is -3.84. The van der Waals surface area contributed by atoms with Crippen LogP contribution in [0.3, 0.4) is 0 Å². The van der Waals surface area contributed by atoms with Gasteiger partial charge in [-0.25, -0.2) is 8.42 Å². The third-order valence-electron chi connectivity index (χ3n) is 4.79. The van der Waals surface area contributed by atoms with Crippen LogP contribution in [0.25, 0.3) is 0 Å². The SMILES string of the molecule is O=[N+]([O-])c1cccc(S(=O)(=O)N2CCN(CC(O)COc3cc(Cl)ccc3Cl)CC2)c1. The van der Waals surface area contributed by atoms with Crippen LogP contribution in [0, 0.1) is 10.1 Å². The van der Waals surface area contributed by atoms with Crippen molar-refractivity contribution >= 4 is 38.9 Å². The van der Waals surface area contributed by atoms with Crippen LogP contribution < -0.4 is 4.74 Å². The van der Waals surface area contributed by atoms with Crippen LogP contribution >= 0.6 is 23.2 Å². The van der Waals surface area contributed by atoms with Gasteiger partial charge in [-0.1, -0.05) is 29.3 Å². The smallest absolute Gasteiger partial charge is 0.270 e. The van der Waals surface area contributed by atoms with Crippen molar-refractivity contribution in [3.63, 3.8) is 0 Å². The molecule has 9 nitrogen and oxygen atoms in total. The Balaban J connectivity index is 1.52. The van der Waals surface area contributed by atoms with E-state index in [0.717, 1.165) is 6.07 Å². The van der Waals surface area contributed by atoms with E-state index in [1.807, 2.05) is 4.90 Å². The van der Waals surface area contributed by atoms with Crippen molar-refractivity contribution in [3.8, 4) is 5.75 Å². The van der Waals surface area contributed by atoms with Crippen molar-refractivity contribution < 1.29 is 23.2 Å². The van der Waals surface area contributed by atoms with Crippen LogP contribution in [0.2, 0.25) is 10.0 Å². The van der Waals surface area contributed by atoms with Crippen molar-refractivity contribution in [2.24, 2.45) is 0 Å². The Morgan fingerprint density at radius 3 is 2.52 bits per heavy atom. The Labute approximate surface area is 189 Å². The van der Waals surface area contributed by atoms with E-state index >= 15 is 0 Å². The molecule has 0 bridgehead atoms. The summed E-state index contributed by atoms with van der Waals surface area (Å²) in [6.45, 7) is 1.53. The molecule has 0 spiro atoms. The summed E-state index contributed by atoms with van der Waals surface area (Å²) in [4.78, 5) is 12.1. The fourth-order valence-corrected chi connectivity index (χ4v) is 4.98. The van der Waals surface area contributed by atoms with Crippen LogP contribution in [-0.2, 0) is 10.0 Å². The van der Waals surface area contributed by atoms with Crippen LogP contribution in [0.5, 0.6) is 5.75 Å². The number of piperazine rings is 1. The minimum Gasteiger partial charge on any atom is -0.489 e. The van der Waals surface area contributed by atoms with Gasteiger partial charge in [0.25, 0.3) is 5.69 Å². The first-order valence-electron chi connectivity index (χ1n) is 9.39. The number of hydrogen-bond donors (Lipinski definition) is 1. The average molecular weight is 490 g/mol. The number of aliphatic hydroxyl groups is 1. The lowest BCUT2D eigenvalue weighted by Crippen LogP contribution is -2.50. The number of ether oxygens (including phenoxy) is 1. The van der Waals surface area contributed by atoms with Gasteiger partial charge in [0.15, 0.2) is 0 Å². The molecule has 2 aromatic carbocycles. The minimum absolute atomic E-state index is 0.00621. The highest BCUT2D eigenvalue weighted by Gasteiger charge is 2.30. The van der Waals surface area contributed by atoms with Crippen LogP contribution in [0.1, 0.15) is 0 Å². The summed E-state index contributed by atoms with van der Waals surface area (Å²) >= 11 is 11.9. The second-order valence-corrected chi connectivity index (χ2v) is 9.78. The molecule has 1 saturated heterocycles. The van der Waals surface area contributed by atoms with Gasteiger partial charge in [0.05, 0.1) is 14.8 Å². The predicted molar refractivity (Wildman–Crippen MR) is 116 cm³/mol. The van der Waals surface area contributed by atoms with Crippen LogP contribution in [-0.4, -0.2) is 73.1 Å². The molecular weight excluding hydrogens is 469 g/mol. The molecule has 1 aliphatic heterocycles. The molecule has 0 radical (unpaired) electrons. The van der Waals surface area contributed by atoms with Gasteiger partial charge in [-0.15, -0.1) is 0 Å². The van der Waals surface area contributed by atoms with E-state index < -0.39 is 21.1 Å². The molecule has 31 heavy (non-hydrogen) atoms. The number of non-ortho nitro benzene ring substituents is 1. The van der Waals surface area contributed by atoms with E-state index in [0.29, 0.717) is 35.4 Å². The van der Waals surface area contributed by atoms with E-state index in [9.17, 15) is 23.6 Å². The first kappa shape index (κ1) is 23.7. The van der Waals surface area contributed by atoms with Gasteiger partial charge in [0, 0.05) is 55.9 Å². The molecular formula is C19H21Cl2N3O6S. The molecule has 3 rings (SSSR count). The third-order valence-corrected chi connectivity index (χ3v) is 7.23. The highest BCUT2D eigenvalue weighted by atomic mass is 35.5. The molecule has 1 heterocycles. The number of benzene rings is 2. The zero-order chi connectivity index (χ0) is 22.6. The van der Waals surface area contributed by atoms with Crippen LogP contribution in [0.4, 0.5) is 5.69 Å². The van der Waals surface area contributed by atoms with Gasteiger partial charge in [0.2, 0.25) is 10.0 Å². The molecule has 0 saturated carbocycles. The molecule has 0 aromatic heterocycles. The number of nitro groups is 1. The molecule has 2 aromatic rings. The number of nitro benzene ring substituents is 1. The molecule has 1 atom stereocenters. The van der Waals surface area contributed by atoms with Gasteiger partial charge in [-0.05, 0) is 18.2 Å². The molecule has 1 aliphatic rings. The zero-order valence-corrected chi connectivity index (χ0v) is 18.7. The van der Waals surface area contributed by atoms with E-state index in [2.05, 4.69) is 0 Å². The fourth-order valence-electron chi connectivity index (χ4n) is 3.18. The van der Waals surface area contributed by atoms with Crippen LogP contribution in [0.15, 0.2) is 47.4 Å². The number of nitrogens with zero attached hydrogens (tertiary/aromatic N) is 3. The average Bonchev–Trinajstić information content (AvgIpc) is 2.75. The maximum absolute atomic E-state index is 12.8. The molecule has 1 fully saturated rings. The Kier molecular flexibility index (Phi) is 7.73. The largest absolute Gasteiger partial charge is 0.489 e. The van der Waals surface area contributed by atoms with E-state index in [4.69, 9.17) is 27.9 Å². The van der Waals surface area contributed by atoms with Gasteiger partial charge in [0.1, 0.15) is 18.5 Å². The monoisotopic (exact) mass is 489 g/mol. The van der Waals surface area contributed by atoms with E-state index in [1.165, 1.54) is 22.5 Å². The normalized spacial score (nSPS) is 16.7. The number of aliphatic hydroxyl groups excluding tert-OH is 1. The Bertz CT molecular complexity index is 1040. The second-order valence-electron chi connectivity index (χ2n) is 7.00. The number of rotatable bonds is 8. The molecule has 0 aliphatic carbocycles. The van der Waals surface area contributed by atoms with Crippen molar-refractivity contribution in [3.05, 3.63) is 62.6 Å². The Morgan fingerprint density at radius 2 is 1.84 bits per heavy atom. The summed E-state index contributed by atoms with van der Waals surface area (Å²) in [5.74, 6) is 0.376. The number of halogens is 2. The molecule has 0 amide bonds. The summed E-state index contributed by atoms with van der Waals surface area (Å²) < 4.78 is 32.4. The molecule has 1 unspecified atom stereocenters. The summed E-state index contributed by atoms with van der Waals surface area (Å²) in [5, 5.41) is 22.0. The first-order chi connectivity index (χ1) is 14.7. The zero-order valence-electron chi connectivity index (χ0n) is 16.4. The van der Waals surface area contributed by atoms with Gasteiger partial charge < -0.3 is 9.84 Å². The summed E-state index contributed by atoms with van der Waals surface area (Å²) in [6.07, 6.45) is -0.810. The molecule has 1 N–H and O–H groups in total. The van der Waals surface area contributed by atoms with Crippen molar-refractivity contribution in [1.29, 1.82) is 0 Å². The predicted octanol–water partition coefficient (Wildman–Crippen LogP) is 2.65. The standard InChI is InChI=1S/C19H21Cl2N3O6S/c20-14-4-5-18(21)19(10-14)30-13-16(25)12-22-6-8-23(9-7-22)31(28,29)17-3-1-2-15(11-17)24(26)27/h1-5,10-11,16,25H,6-9,12-13H2. The van der Waals surface area contributed by atoms with Gasteiger partial charge >= 0.3 is 0 Å². The Morgan fingerprint density at radius 1 is 1.13 bits per heavy atom. The van der Waals surface area contributed by atoms with Gasteiger partial charge in [-0.3, -0.25) is 15.0 Å². The van der Waals surface area contributed by atoms with Crippen molar-refractivity contribution in [1.82, 2.24) is 9.21 Å². The summed E-state index contributed by atoms with van der Waals surface area (Å²) in [5.41, 5.74) is -0.275. The maximum Gasteiger partial charge on any atom is 0.270 e. The van der Waals surface area contributed by atoms with Gasteiger partial charge in [-0.2, -0.15) is 4.31 Å². The third kappa shape index (κ3) is 6.06. The number of β-amino-alcohol motifs (C(OH)–C–C–N with tert-alkyl or cyclic N) is 1. The number of hydrogen-bond acceptors (Lipinski definition) is 7. The molecule has 168 valence electrons.